The van der Waals surface area contributed by atoms with Crippen LogP contribution in [-0.2, 0) is 48.7 Å². The first-order chi connectivity index (χ1) is 17.2. The van der Waals surface area contributed by atoms with Crippen molar-refractivity contribution < 1.29 is 63.4 Å². The molecule has 0 spiro atoms. The van der Waals surface area contributed by atoms with Crippen LogP contribution in [0.4, 0.5) is 0 Å². The van der Waals surface area contributed by atoms with Gasteiger partial charge in [0.05, 0.1) is 33.5 Å². The first kappa shape index (κ1) is 37.5. The van der Waals surface area contributed by atoms with Crippen molar-refractivity contribution in [1.29, 1.82) is 0 Å². The zero-order chi connectivity index (χ0) is 27.3. The Labute approximate surface area is 214 Å². The van der Waals surface area contributed by atoms with Crippen LogP contribution in [0.2, 0.25) is 0 Å². The summed E-state index contributed by atoms with van der Waals surface area (Å²) in [5.74, 6) is 0.331. The second-order valence-corrected chi connectivity index (χ2v) is 8.84. The van der Waals surface area contributed by atoms with Gasteiger partial charge in [-0.3, -0.25) is 0 Å². The molecule has 0 saturated carbocycles. The summed E-state index contributed by atoms with van der Waals surface area (Å²) in [5, 5.41) is 8.87. The summed E-state index contributed by atoms with van der Waals surface area (Å²) in [6.45, 7) is 9.55. The van der Waals surface area contributed by atoms with E-state index < -0.39 is 7.82 Å². The zero-order valence-electron chi connectivity index (χ0n) is 22.0. The van der Waals surface area contributed by atoms with Crippen LogP contribution in [0, 0.1) is 0 Å². The lowest BCUT2D eigenvalue weighted by Crippen LogP contribution is -2.18. The molecule has 218 valence electrons. The first-order valence-corrected chi connectivity index (χ1v) is 13.9. The van der Waals surface area contributed by atoms with Gasteiger partial charge < -0.3 is 24.3 Å². The second kappa shape index (κ2) is 28.9. The maximum Gasteiger partial charge on any atom is 0.466 e. The van der Waals surface area contributed by atoms with E-state index in [-0.39, 0.29) is 12.7 Å². The van der Waals surface area contributed by atoms with Crippen molar-refractivity contribution >= 4 is 7.82 Å². The van der Waals surface area contributed by atoms with Gasteiger partial charge in [0.1, 0.15) is 18.5 Å². The second-order valence-electron chi connectivity index (χ2n) is 7.82. The highest BCUT2D eigenvalue weighted by Crippen LogP contribution is 2.25. The van der Waals surface area contributed by atoms with E-state index in [2.05, 4.69) is 33.4 Å². The Morgan fingerprint density at radius 1 is 0.806 bits per heavy atom. The third kappa shape index (κ3) is 40.5. The molecule has 0 aliphatic rings. The molecule has 1 atom stereocenters. The van der Waals surface area contributed by atoms with Crippen LogP contribution in [0.1, 0.15) is 84.5 Å². The molecule has 13 nitrogen and oxygen atoms in total. The van der Waals surface area contributed by atoms with E-state index in [9.17, 15) is 0 Å². The van der Waals surface area contributed by atoms with Crippen LogP contribution in [-0.4, -0.2) is 60.9 Å². The summed E-state index contributed by atoms with van der Waals surface area (Å²) < 4.78 is 14.3. The van der Waals surface area contributed by atoms with Crippen molar-refractivity contribution in [2.24, 2.45) is 0 Å². The van der Waals surface area contributed by atoms with E-state index >= 15 is 0 Å². The molecule has 0 aromatic heterocycles. The van der Waals surface area contributed by atoms with E-state index in [4.69, 9.17) is 43.5 Å². The zero-order valence-corrected chi connectivity index (χ0v) is 22.9. The van der Waals surface area contributed by atoms with Crippen LogP contribution in [0.15, 0.2) is 12.3 Å². The fourth-order valence-corrected chi connectivity index (χ4v) is 2.54. The minimum Gasteiger partial charge on any atom is -0.376 e. The topological polar surface area (TPSA) is 161 Å². The Balaban J connectivity index is 0. The highest BCUT2D eigenvalue weighted by atomic mass is 31.2. The van der Waals surface area contributed by atoms with Crippen molar-refractivity contribution in [3.05, 3.63) is 12.3 Å². The van der Waals surface area contributed by atoms with Gasteiger partial charge in [0.15, 0.2) is 0 Å². The van der Waals surface area contributed by atoms with Gasteiger partial charge in [-0.15, -0.1) is 0 Å². The molecule has 0 rings (SSSR count). The third-order valence-electron chi connectivity index (χ3n) is 4.26. The van der Waals surface area contributed by atoms with Gasteiger partial charge in [-0.2, -0.15) is 4.89 Å². The minimum atomic E-state index is -4.64. The molecule has 14 heteroatoms. The Hall–Kier alpha value is -0.670. The van der Waals surface area contributed by atoms with Crippen molar-refractivity contribution in [1.82, 2.24) is 0 Å². The smallest absolute Gasteiger partial charge is 0.376 e. The van der Waals surface area contributed by atoms with E-state index in [1.54, 1.807) is 6.92 Å². The summed E-state index contributed by atoms with van der Waals surface area (Å²) in [5.41, 5.74) is 0. The molecule has 0 aliphatic carbocycles. The Morgan fingerprint density at radius 3 is 1.94 bits per heavy atom. The first-order valence-electron chi connectivity index (χ1n) is 12.3. The lowest BCUT2D eigenvalue weighted by Gasteiger charge is -2.11. The molecule has 1 unspecified atom stereocenters. The fourth-order valence-electron chi connectivity index (χ4n) is 2.54. The average Bonchev–Trinajstić information content (AvgIpc) is 2.81. The van der Waals surface area contributed by atoms with Crippen LogP contribution in [0.25, 0.3) is 0 Å². The summed E-state index contributed by atoms with van der Waals surface area (Å²) in [4.78, 5) is 50.5. The lowest BCUT2D eigenvalue weighted by molar-refractivity contribution is -0.527. The van der Waals surface area contributed by atoms with Crippen LogP contribution < -0.4 is 0 Å². The van der Waals surface area contributed by atoms with Gasteiger partial charge in [0.25, 0.3) is 0 Å². The molecule has 0 aliphatic heterocycles. The van der Waals surface area contributed by atoms with Crippen molar-refractivity contribution in [3.63, 3.8) is 0 Å². The molecule has 0 aromatic carbocycles. The quantitative estimate of drug-likeness (QED) is 0.0450. The van der Waals surface area contributed by atoms with E-state index in [0.717, 1.165) is 6.42 Å². The normalized spacial score (nSPS) is 12.2. The SMILES string of the molecule is C=C(CCOOOC(C)COCCOOCCCCCCCCCCCC)OOOC.O=P(O)(O)O. The van der Waals surface area contributed by atoms with E-state index in [1.165, 1.54) is 64.9 Å². The average molecular weight is 551 g/mol. The molecule has 3 N–H and O–H groups in total. The highest BCUT2D eigenvalue weighted by Gasteiger charge is 2.05. The molecule has 0 amide bonds. The van der Waals surface area contributed by atoms with Gasteiger partial charge in [0, 0.05) is 6.42 Å². The van der Waals surface area contributed by atoms with Crippen LogP contribution in [0.3, 0.4) is 0 Å². The monoisotopic (exact) mass is 550 g/mol. The van der Waals surface area contributed by atoms with Gasteiger partial charge in [-0.1, -0.05) is 76.3 Å². The fraction of sp³-hybridized carbons (Fsp3) is 0.909. The molecule has 36 heavy (non-hydrogen) atoms. The maximum absolute atomic E-state index is 8.88. The molecular formula is C22H47O13P. The molecule has 0 heterocycles. The number of rotatable bonds is 26. The number of hydrogen-bond donors (Lipinski definition) is 3. The van der Waals surface area contributed by atoms with Crippen molar-refractivity contribution in [3.8, 4) is 0 Å². The standard InChI is InChI=1S/C22H44O9.H3O4P/c1-5-6-7-8-9-10-11-12-13-14-16-25-26-19-18-24-20-22(3)29-31-27-17-15-21(2)28-30-23-4;1-5(2,3)4/h22H,2,5-20H2,1,3-4H3;(H3,1,2,3,4). The number of unbranched alkanes of at least 4 members (excludes halogenated alkanes) is 9. The Kier molecular flexibility index (Phi) is 30.1. The Bertz CT molecular complexity index is 496. The number of phosphoric acid groups is 1. The Morgan fingerprint density at radius 2 is 1.36 bits per heavy atom. The summed E-state index contributed by atoms with van der Waals surface area (Å²) in [7, 11) is -3.32. The van der Waals surface area contributed by atoms with Gasteiger partial charge in [-0.05, 0) is 18.4 Å². The lowest BCUT2D eigenvalue weighted by atomic mass is 10.1. The molecule has 0 aromatic rings. The predicted molar refractivity (Wildman–Crippen MR) is 129 cm³/mol. The molecular weight excluding hydrogens is 503 g/mol. The van der Waals surface area contributed by atoms with E-state index in [0.29, 0.717) is 38.6 Å². The predicted octanol–water partition coefficient (Wildman–Crippen LogP) is 4.63. The highest BCUT2D eigenvalue weighted by molar-refractivity contribution is 7.45. The van der Waals surface area contributed by atoms with Crippen LogP contribution in [0.5, 0.6) is 0 Å². The summed E-state index contributed by atoms with van der Waals surface area (Å²) >= 11 is 0. The van der Waals surface area contributed by atoms with Crippen molar-refractivity contribution in [2.75, 3.05) is 40.1 Å². The summed E-state index contributed by atoms with van der Waals surface area (Å²) in [6, 6.07) is 0. The van der Waals surface area contributed by atoms with Gasteiger partial charge >= 0.3 is 7.82 Å². The maximum atomic E-state index is 8.88. The number of ether oxygens (including phenoxy) is 1. The van der Waals surface area contributed by atoms with Crippen LogP contribution >= 0.6 is 7.82 Å². The van der Waals surface area contributed by atoms with E-state index in [1.807, 2.05) is 0 Å². The molecule has 0 radical (unpaired) electrons. The molecule has 0 bridgehead atoms. The third-order valence-corrected chi connectivity index (χ3v) is 4.26. The van der Waals surface area contributed by atoms with Crippen molar-refractivity contribution in [2.45, 2.75) is 90.6 Å². The number of hydrogen-bond acceptors (Lipinski definition) is 10. The molecule has 0 fully saturated rings. The van der Waals surface area contributed by atoms with Gasteiger partial charge in [-0.25, -0.2) is 24.1 Å². The summed E-state index contributed by atoms with van der Waals surface area (Å²) in [6.07, 6.45) is 13.1. The van der Waals surface area contributed by atoms with Gasteiger partial charge in [0.2, 0.25) is 0 Å². The minimum absolute atomic E-state index is 0.184. The molecule has 0 saturated heterocycles. The largest absolute Gasteiger partial charge is 0.466 e.